The third-order valence-electron chi connectivity index (χ3n) is 3.52. The number of aliphatic hydroxyl groups excluding tert-OH is 1. The van der Waals surface area contributed by atoms with Crippen molar-refractivity contribution in [3.05, 3.63) is 58.3 Å². The van der Waals surface area contributed by atoms with E-state index in [1.165, 1.54) is 5.56 Å². The lowest BCUT2D eigenvalue weighted by atomic mass is 9.87. The second kappa shape index (κ2) is 3.72. The Balaban J connectivity index is 1.95. The third kappa shape index (κ3) is 1.49. The van der Waals surface area contributed by atoms with E-state index in [0.717, 1.165) is 18.4 Å². The van der Waals surface area contributed by atoms with Crippen molar-refractivity contribution in [1.82, 2.24) is 0 Å². The molecule has 1 saturated carbocycles. The van der Waals surface area contributed by atoms with Crippen molar-refractivity contribution in [2.45, 2.75) is 24.4 Å². The first-order valence-corrected chi connectivity index (χ1v) is 6.53. The van der Waals surface area contributed by atoms with Gasteiger partial charge >= 0.3 is 0 Å². The first-order valence-electron chi connectivity index (χ1n) is 5.59. The van der Waals surface area contributed by atoms with Crippen LogP contribution in [0.5, 0.6) is 0 Å². The molecular weight excluding hydrogens is 216 g/mol. The van der Waals surface area contributed by atoms with E-state index >= 15 is 0 Å². The summed E-state index contributed by atoms with van der Waals surface area (Å²) in [6, 6.07) is 12.4. The fourth-order valence-electron chi connectivity index (χ4n) is 2.37. The van der Waals surface area contributed by atoms with E-state index in [0.29, 0.717) is 0 Å². The highest BCUT2D eigenvalue weighted by Crippen LogP contribution is 2.56. The molecule has 0 saturated heterocycles. The molecule has 82 valence electrons. The predicted molar refractivity (Wildman–Crippen MR) is 66.6 cm³/mol. The topological polar surface area (TPSA) is 20.2 Å². The average Bonchev–Trinajstić information content (AvgIpc) is 2.97. The molecule has 0 amide bonds. The molecule has 0 bridgehead atoms. The van der Waals surface area contributed by atoms with Crippen molar-refractivity contribution in [2.24, 2.45) is 0 Å². The van der Waals surface area contributed by atoms with Crippen molar-refractivity contribution in [2.75, 3.05) is 0 Å². The molecule has 1 unspecified atom stereocenters. The zero-order valence-corrected chi connectivity index (χ0v) is 9.78. The SMILES string of the molecule is OC(c1ccsc1)C1(c2ccccc2)CC1. The van der Waals surface area contributed by atoms with Crippen LogP contribution in [-0.2, 0) is 5.41 Å². The fraction of sp³-hybridized carbons (Fsp3) is 0.286. The number of thiophene rings is 1. The van der Waals surface area contributed by atoms with Gasteiger partial charge in [-0.05, 0) is 40.8 Å². The number of benzene rings is 1. The van der Waals surface area contributed by atoms with E-state index in [9.17, 15) is 5.11 Å². The van der Waals surface area contributed by atoms with Crippen LogP contribution in [0.3, 0.4) is 0 Å². The molecule has 0 radical (unpaired) electrons. The van der Waals surface area contributed by atoms with E-state index in [-0.39, 0.29) is 11.5 Å². The minimum Gasteiger partial charge on any atom is -0.387 e. The lowest BCUT2D eigenvalue weighted by Crippen LogP contribution is -2.17. The standard InChI is InChI=1S/C14H14OS/c15-13(11-6-9-16-10-11)14(7-8-14)12-4-2-1-3-5-12/h1-6,9-10,13,15H,7-8H2. The molecule has 1 aliphatic rings. The van der Waals surface area contributed by atoms with E-state index in [4.69, 9.17) is 0 Å². The monoisotopic (exact) mass is 230 g/mol. The van der Waals surface area contributed by atoms with Gasteiger partial charge in [0.25, 0.3) is 0 Å². The fourth-order valence-corrected chi connectivity index (χ4v) is 3.05. The van der Waals surface area contributed by atoms with Gasteiger partial charge in [0.05, 0.1) is 6.10 Å². The number of aliphatic hydroxyl groups is 1. The molecule has 1 aromatic carbocycles. The summed E-state index contributed by atoms with van der Waals surface area (Å²) in [6.07, 6.45) is 1.84. The molecule has 2 heteroatoms. The van der Waals surface area contributed by atoms with E-state index in [1.807, 2.05) is 22.9 Å². The van der Waals surface area contributed by atoms with Gasteiger partial charge in [-0.2, -0.15) is 11.3 Å². The summed E-state index contributed by atoms with van der Waals surface area (Å²) in [7, 11) is 0. The molecule has 3 rings (SSSR count). The lowest BCUT2D eigenvalue weighted by molar-refractivity contribution is 0.133. The van der Waals surface area contributed by atoms with Gasteiger partial charge in [-0.3, -0.25) is 0 Å². The molecule has 1 heterocycles. The van der Waals surface area contributed by atoms with Gasteiger partial charge in [-0.1, -0.05) is 30.3 Å². The van der Waals surface area contributed by atoms with Crippen molar-refractivity contribution in [3.8, 4) is 0 Å². The summed E-state index contributed by atoms with van der Waals surface area (Å²) >= 11 is 1.65. The number of hydrogen-bond acceptors (Lipinski definition) is 2. The van der Waals surface area contributed by atoms with Crippen LogP contribution in [0.2, 0.25) is 0 Å². The maximum atomic E-state index is 10.5. The van der Waals surface area contributed by atoms with Crippen LogP contribution >= 0.6 is 11.3 Å². The van der Waals surface area contributed by atoms with Crippen LogP contribution in [-0.4, -0.2) is 5.11 Å². The summed E-state index contributed by atoms with van der Waals surface area (Å²) in [6.45, 7) is 0. The van der Waals surface area contributed by atoms with Crippen molar-refractivity contribution < 1.29 is 5.11 Å². The zero-order valence-electron chi connectivity index (χ0n) is 8.97. The summed E-state index contributed by atoms with van der Waals surface area (Å²) < 4.78 is 0. The zero-order chi connectivity index (χ0) is 11.0. The van der Waals surface area contributed by atoms with Gasteiger partial charge in [0.15, 0.2) is 0 Å². The molecule has 1 aliphatic carbocycles. The normalized spacial score (nSPS) is 19.3. The van der Waals surface area contributed by atoms with Gasteiger partial charge < -0.3 is 5.11 Å². The molecule has 16 heavy (non-hydrogen) atoms. The Hall–Kier alpha value is -1.12. The lowest BCUT2D eigenvalue weighted by Gasteiger charge is -2.22. The molecule has 1 fully saturated rings. The van der Waals surface area contributed by atoms with Crippen LogP contribution in [0.4, 0.5) is 0 Å². The average molecular weight is 230 g/mol. The maximum Gasteiger partial charge on any atom is 0.0894 e. The Morgan fingerprint density at radius 2 is 1.88 bits per heavy atom. The molecule has 0 aliphatic heterocycles. The van der Waals surface area contributed by atoms with Gasteiger partial charge in [-0.15, -0.1) is 0 Å². The van der Waals surface area contributed by atoms with Gasteiger partial charge in [-0.25, -0.2) is 0 Å². The Kier molecular flexibility index (Phi) is 2.34. The van der Waals surface area contributed by atoms with Gasteiger partial charge in [0.1, 0.15) is 0 Å². The smallest absolute Gasteiger partial charge is 0.0894 e. The first-order chi connectivity index (χ1) is 7.83. The number of rotatable bonds is 3. The van der Waals surface area contributed by atoms with E-state index in [2.05, 4.69) is 24.3 Å². The Bertz CT molecular complexity index is 457. The highest BCUT2D eigenvalue weighted by Gasteiger charge is 2.50. The largest absolute Gasteiger partial charge is 0.387 e. The molecule has 2 aromatic rings. The van der Waals surface area contributed by atoms with Crippen LogP contribution in [0.25, 0.3) is 0 Å². The molecule has 1 N–H and O–H groups in total. The molecule has 1 nitrogen and oxygen atoms in total. The van der Waals surface area contributed by atoms with Crippen molar-refractivity contribution >= 4 is 11.3 Å². The molecule has 1 aromatic heterocycles. The molecular formula is C14H14OS. The third-order valence-corrected chi connectivity index (χ3v) is 4.22. The van der Waals surface area contributed by atoms with Crippen molar-refractivity contribution in [1.29, 1.82) is 0 Å². The summed E-state index contributed by atoms with van der Waals surface area (Å²) in [4.78, 5) is 0. The van der Waals surface area contributed by atoms with Crippen LogP contribution < -0.4 is 0 Å². The second-order valence-corrected chi connectivity index (χ2v) is 5.26. The Labute approximate surface area is 99.4 Å². The minimum absolute atomic E-state index is 0.0116. The summed E-state index contributed by atoms with van der Waals surface area (Å²) in [5.41, 5.74) is 2.32. The second-order valence-electron chi connectivity index (χ2n) is 4.48. The Morgan fingerprint density at radius 1 is 1.12 bits per heavy atom. The molecule has 0 spiro atoms. The number of hydrogen-bond donors (Lipinski definition) is 1. The minimum atomic E-state index is -0.346. The Morgan fingerprint density at radius 3 is 2.44 bits per heavy atom. The van der Waals surface area contributed by atoms with Gasteiger partial charge in [0, 0.05) is 5.41 Å². The molecule has 1 atom stereocenters. The quantitative estimate of drug-likeness (QED) is 0.855. The maximum absolute atomic E-state index is 10.5. The summed E-state index contributed by atoms with van der Waals surface area (Å²) in [5, 5.41) is 14.5. The highest BCUT2D eigenvalue weighted by molar-refractivity contribution is 7.07. The first kappa shape index (κ1) is 10.1. The van der Waals surface area contributed by atoms with Crippen LogP contribution in [0, 0.1) is 0 Å². The van der Waals surface area contributed by atoms with Crippen molar-refractivity contribution in [3.63, 3.8) is 0 Å². The van der Waals surface area contributed by atoms with Crippen LogP contribution in [0.1, 0.15) is 30.1 Å². The van der Waals surface area contributed by atoms with Crippen LogP contribution in [0.15, 0.2) is 47.2 Å². The highest BCUT2D eigenvalue weighted by atomic mass is 32.1. The predicted octanol–water partition coefficient (Wildman–Crippen LogP) is 3.51. The van der Waals surface area contributed by atoms with E-state index in [1.54, 1.807) is 11.3 Å². The van der Waals surface area contributed by atoms with E-state index < -0.39 is 0 Å². The summed E-state index contributed by atoms with van der Waals surface area (Å²) in [5.74, 6) is 0. The van der Waals surface area contributed by atoms with Gasteiger partial charge in [0.2, 0.25) is 0 Å².